The molecule has 2 saturated heterocycles. The molecule has 0 radical (unpaired) electrons. The Bertz CT molecular complexity index is 1220. The van der Waals surface area contributed by atoms with Crippen molar-refractivity contribution in [2.24, 2.45) is 5.10 Å². The van der Waals surface area contributed by atoms with Gasteiger partial charge in [-0.2, -0.15) is 15.1 Å². The fourth-order valence-corrected chi connectivity index (χ4v) is 4.98. The lowest BCUT2D eigenvalue weighted by Gasteiger charge is -2.31. The maximum atomic E-state index is 5.91. The van der Waals surface area contributed by atoms with E-state index in [1.807, 2.05) is 36.4 Å². The third-order valence-corrected chi connectivity index (χ3v) is 7.37. The van der Waals surface area contributed by atoms with Gasteiger partial charge in [-0.15, -0.1) is 0 Å². The maximum absolute atomic E-state index is 5.91. The Hall–Kier alpha value is -3.81. The maximum Gasteiger partial charge on any atom is 0.229 e. The monoisotopic (exact) mass is 528 g/mol. The van der Waals surface area contributed by atoms with Crippen molar-refractivity contribution in [3.05, 3.63) is 65.2 Å². The number of benzene rings is 2. The molecule has 2 fully saturated rings. The zero-order valence-corrected chi connectivity index (χ0v) is 23.2. The molecule has 2 aromatic carbocycles. The summed E-state index contributed by atoms with van der Waals surface area (Å²) in [6, 6.07) is 16.0. The molecule has 8 nitrogen and oxygen atoms in total. The predicted molar refractivity (Wildman–Crippen MR) is 159 cm³/mol. The van der Waals surface area contributed by atoms with Crippen LogP contribution in [0.5, 0.6) is 11.5 Å². The Morgan fingerprint density at radius 3 is 2.18 bits per heavy atom. The number of anilines is 3. The van der Waals surface area contributed by atoms with Crippen molar-refractivity contribution in [3.63, 3.8) is 0 Å². The Morgan fingerprint density at radius 1 is 0.769 bits per heavy atom. The number of ether oxygens (including phenoxy) is 2. The third kappa shape index (κ3) is 7.62. The molecule has 0 unspecified atom stereocenters. The highest BCUT2D eigenvalue weighted by atomic mass is 16.5. The quantitative estimate of drug-likeness (QED) is 0.197. The van der Waals surface area contributed by atoms with E-state index in [4.69, 9.17) is 19.4 Å². The van der Waals surface area contributed by atoms with Crippen LogP contribution in [-0.4, -0.2) is 55.6 Å². The first-order valence-corrected chi connectivity index (χ1v) is 14.2. The van der Waals surface area contributed by atoms with E-state index in [-0.39, 0.29) is 0 Å². The van der Waals surface area contributed by atoms with Gasteiger partial charge in [0.25, 0.3) is 0 Å². The number of nitrogens with zero attached hydrogens (tertiary/aromatic N) is 5. The summed E-state index contributed by atoms with van der Waals surface area (Å²) in [5, 5.41) is 4.49. The Labute approximate surface area is 232 Å². The molecule has 0 saturated carbocycles. The minimum Gasteiger partial charge on any atom is -0.490 e. The molecule has 0 amide bonds. The fraction of sp³-hybridized carbons (Fsp3) is 0.452. The molecule has 0 atom stereocenters. The minimum absolute atomic E-state index is 0.464. The van der Waals surface area contributed by atoms with E-state index in [1.165, 1.54) is 49.7 Å². The van der Waals surface area contributed by atoms with Gasteiger partial charge < -0.3 is 19.3 Å². The molecule has 1 aromatic heterocycles. The van der Waals surface area contributed by atoms with Crippen LogP contribution in [0.3, 0.4) is 0 Å². The summed E-state index contributed by atoms with van der Waals surface area (Å²) in [5.74, 6) is 4.16. The number of aryl methyl sites for hydroxylation is 2. The van der Waals surface area contributed by atoms with Gasteiger partial charge >= 0.3 is 0 Å². The normalized spacial score (nSPS) is 15.9. The molecule has 206 valence electrons. The second kappa shape index (κ2) is 13.3. The van der Waals surface area contributed by atoms with Crippen LogP contribution in [-0.2, 0) is 0 Å². The largest absolute Gasteiger partial charge is 0.490 e. The lowest BCUT2D eigenvalue weighted by Crippen LogP contribution is -2.33. The van der Waals surface area contributed by atoms with Gasteiger partial charge in [0.2, 0.25) is 5.95 Å². The number of hydrogen-bond acceptors (Lipinski definition) is 8. The molecule has 0 aliphatic carbocycles. The van der Waals surface area contributed by atoms with E-state index >= 15 is 0 Å². The lowest BCUT2D eigenvalue weighted by atomic mass is 10.1. The first-order chi connectivity index (χ1) is 19.1. The number of rotatable bonds is 10. The van der Waals surface area contributed by atoms with Gasteiger partial charge in [-0.05, 0) is 93.3 Å². The van der Waals surface area contributed by atoms with Gasteiger partial charge in [0.1, 0.15) is 30.5 Å². The van der Waals surface area contributed by atoms with E-state index in [0.29, 0.717) is 13.2 Å². The zero-order valence-electron chi connectivity index (χ0n) is 23.2. The van der Waals surface area contributed by atoms with Crippen LogP contribution in [0.15, 0.2) is 53.6 Å². The molecule has 3 heterocycles. The SMILES string of the molecule is Cc1ccc(OCCOc2cccc(/C=N\Nc3cc(N4CCCCC4)nc(N4CCCCC4)n3)c2)cc1C. The van der Waals surface area contributed by atoms with E-state index in [1.54, 1.807) is 6.21 Å². The summed E-state index contributed by atoms with van der Waals surface area (Å²) in [6.07, 6.45) is 9.16. The highest BCUT2D eigenvalue weighted by Gasteiger charge is 2.19. The molecule has 0 spiro atoms. The van der Waals surface area contributed by atoms with Crippen LogP contribution in [0.2, 0.25) is 0 Å². The summed E-state index contributed by atoms with van der Waals surface area (Å²) in [7, 11) is 0. The van der Waals surface area contributed by atoms with Crippen molar-refractivity contribution in [1.29, 1.82) is 0 Å². The summed E-state index contributed by atoms with van der Waals surface area (Å²) in [4.78, 5) is 14.4. The van der Waals surface area contributed by atoms with Gasteiger partial charge in [0.15, 0.2) is 5.82 Å². The van der Waals surface area contributed by atoms with Gasteiger partial charge in [0.05, 0.1) is 6.21 Å². The van der Waals surface area contributed by atoms with Crippen molar-refractivity contribution in [2.45, 2.75) is 52.4 Å². The lowest BCUT2D eigenvalue weighted by molar-refractivity contribution is 0.217. The topological polar surface area (TPSA) is 75.1 Å². The van der Waals surface area contributed by atoms with Crippen molar-refractivity contribution >= 4 is 23.8 Å². The van der Waals surface area contributed by atoms with Crippen molar-refractivity contribution in [2.75, 3.05) is 54.6 Å². The Kier molecular flexibility index (Phi) is 9.14. The predicted octanol–water partition coefficient (Wildman–Crippen LogP) is 5.98. The Balaban J connectivity index is 1.19. The van der Waals surface area contributed by atoms with Gasteiger partial charge in [-0.25, -0.2) is 0 Å². The fourth-order valence-electron chi connectivity index (χ4n) is 4.98. The molecule has 3 aromatic rings. The molecule has 2 aliphatic heterocycles. The van der Waals surface area contributed by atoms with Crippen molar-refractivity contribution in [1.82, 2.24) is 9.97 Å². The smallest absolute Gasteiger partial charge is 0.229 e. The van der Waals surface area contributed by atoms with Gasteiger partial charge in [-0.1, -0.05) is 18.2 Å². The average molecular weight is 529 g/mol. The molecule has 39 heavy (non-hydrogen) atoms. The third-order valence-electron chi connectivity index (χ3n) is 7.37. The second-order valence-corrected chi connectivity index (χ2v) is 10.4. The first-order valence-electron chi connectivity index (χ1n) is 14.2. The highest BCUT2D eigenvalue weighted by Crippen LogP contribution is 2.25. The minimum atomic E-state index is 0.464. The van der Waals surface area contributed by atoms with E-state index in [9.17, 15) is 0 Å². The van der Waals surface area contributed by atoms with Crippen LogP contribution in [0, 0.1) is 13.8 Å². The van der Waals surface area contributed by atoms with Crippen LogP contribution < -0.4 is 24.7 Å². The van der Waals surface area contributed by atoms with Crippen LogP contribution >= 0.6 is 0 Å². The molecule has 2 aliphatic rings. The van der Waals surface area contributed by atoms with E-state index < -0.39 is 0 Å². The van der Waals surface area contributed by atoms with Gasteiger partial charge in [-0.3, -0.25) is 5.43 Å². The molecular formula is C31H40N6O2. The average Bonchev–Trinajstić information content (AvgIpc) is 2.98. The van der Waals surface area contributed by atoms with Crippen LogP contribution in [0.25, 0.3) is 0 Å². The number of piperidine rings is 2. The number of hydrazone groups is 1. The number of aromatic nitrogens is 2. The molecule has 1 N–H and O–H groups in total. The van der Waals surface area contributed by atoms with E-state index in [2.05, 4.69) is 46.3 Å². The zero-order chi connectivity index (χ0) is 26.9. The summed E-state index contributed by atoms with van der Waals surface area (Å²) >= 11 is 0. The first kappa shape index (κ1) is 26.8. The van der Waals surface area contributed by atoms with Crippen LogP contribution in [0.4, 0.5) is 17.6 Å². The summed E-state index contributed by atoms with van der Waals surface area (Å²) in [5.41, 5.74) is 6.58. The number of hydrogen-bond donors (Lipinski definition) is 1. The van der Waals surface area contributed by atoms with Gasteiger partial charge in [0, 0.05) is 32.2 Å². The Morgan fingerprint density at radius 2 is 1.46 bits per heavy atom. The van der Waals surface area contributed by atoms with Crippen molar-refractivity contribution in [3.8, 4) is 11.5 Å². The molecule has 5 rings (SSSR count). The second-order valence-electron chi connectivity index (χ2n) is 10.4. The van der Waals surface area contributed by atoms with E-state index in [0.717, 1.165) is 60.8 Å². The number of nitrogens with one attached hydrogen (secondary N) is 1. The molecule has 8 heteroatoms. The standard InChI is InChI=1S/C31H40N6O2/c1-24-12-13-28(20-25(24)2)39-19-18-38-27-11-9-10-26(21-27)23-32-35-29-22-30(36-14-5-3-6-15-36)34-31(33-29)37-16-7-4-8-17-37/h9-13,20-23H,3-8,14-19H2,1-2H3,(H,33,34,35)/b32-23-. The van der Waals surface area contributed by atoms with Crippen LogP contribution in [0.1, 0.15) is 55.2 Å². The molecule has 0 bridgehead atoms. The summed E-state index contributed by atoms with van der Waals surface area (Å²) in [6.45, 7) is 9.24. The summed E-state index contributed by atoms with van der Waals surface area (Å²) < 4.78 is 11.7. The van der Waals surface area contributed by atoms with Crippen molar-refractivity contribution < 1.29 is 9.47 Å². The highest BCUT2D eigenvalue weighted by molar-refractivity contribution is 5.80. The molecular weight excluding hydrogens is 488 g/mol.